The summed E-state index contributed by atoms with van der Waals surface area (Å²) < 4.78 is 19.0. The van der Waals surface area contributed by atoms with Crippen molar-refractivity contribution in [3.05, 3.63) is 0 Å². The van der Waals surface area contributed by atoms with Gasteiger partial charge in [-0.3, -0.25) is 4.90 Å². The van der Waals surface area contributed by atoms with E-state index in [4.69, 9.17) is 4.74 Å². The fraction of sp³-hybridized carbons (Fsp3) is 1.00. The van der Waals surface area contributed by atoms with Gasteiger partial charge in [0.25, 0.3) is 0 Å². The van der Waals surface area contributed by atoms with Crippen LogP contribution >= 0.6 is 0 Å². The monoisotopic (exact) mass is 216 g/mol. The van der Waals surface area contributed by atoms with E-state index in [1.165, 1.54) is 0 Å². The lowest BCUT2D eigenvalue weighted by Crippen LogP contribution is -2.58. The number of piperidine rings is 1. The minimum Gasteiger partial charge on any atom is -0.378 e. The summed E-state index contributed by atoms with van der Waals surface area (Å²) in [4.78, 5) is 2.23. The quantitative estimate of drug-likeness (QED) is 0.755. The number of ether oxygens (including phenoxy) is 1. The molecule has 15 heavy (non-hydrogen) atoms. The predicted molar refractivity (Wildman–Crippen MR) is 57.8 cm³/mol. The Hall–Kier alpha value is -0.190. The van der Waals surface area contributed by atoms with Crippen molar-refractivity contribution in [3.63, 3.8) is 0 Å². The number of nitrogens with zero attached hydrogens (tertiary/aromatic N) is 1. The van der Waals surface area contributed by atoms with Gasteiger partial charge in [0, 0.05) is 25.2 Å². The van der Waals surface area contributed by atoms with E-state index in [1.54, 1.807) is 0 Å². The van der Waals surface area contributed by atoms with Crippen LogP contribution in [-0.4, -0.2) is 55.5 Å². The molecule has 2 heterocycles. The van der Waals surface area contributed by atoms with Gasteiger partial charge in [0.2, 0.25) is 0 Å². The van der Waals surface area contributed by atoms with Gasteiger partial charge in [-0.25, -0.2) is 4.39 Å². The Morgan fingerprint density at radius 2 is 2.13 bits per heavy atom. The van der Waals surface area contributed by atoms with Crippen LogP contribution in [0.1, 0.15) is 20.3 Å². The molecule has 2 atom stereocenters. The average Bonchev–Trinajstić information content (AvgIpc) is 2.06. The molecule has 0 aromatic heterocycles. The van der Waals surface area contributed by atoms with Crippen molar-refractivity contribution in [1.82, 2.24) is 10.2 Å². The number of likely N-dealkylation sites (tertiary alicyclic amines) is 1. The Morgan fingerprint density at radius 3 is 2.60 bits per heavy atom. The molecule has 0 radical (unpaired) electrons. The lowest BCUT2D eigenvalue weighted by atomic mass is 10.00. The van der Waals surface area contributed by atoms with Crippen molar-refractivity contribution >= 4 is 0 Å². The molecule has 2 fully saturated rings. The van der Waals surface area contributed by atoms with Gasteiger partial charge < -0.3 is 10.1 Å². The van der Waals surface area contributed by atoms with E-state index < -0.39 is 6.17 Å². The van der Waals surface area contributed by atoms with E-state index in [0.29, 0.717) is 18.6 Å². The van der Waals surface area contributed by atoms with Crippen LogP contribution in [0, 0.1) is 0 Å². The molecule has 3 nitrogen and oxygen atoms in total. The van der Waals surface area contributed by atoms with Crippen LogP contribution in [0.2, 0.25) is 0 Å². The number of halogens is 1. The lowest BCUT2D eigenvalue weighted by Gasteiger charge is -2.43. The summed E-state index contributed by atoms with van der Waals surface area (Å²) in [6.07, 6.45) is 0.178. The van der Waals surface area contributed by atoms with Gasteiger partial charge in [-0.15, -0.1) is 0 Å². The predicted octanol–water partition coefficient (Wildman–Crippen LogP) is 0.796. The van der Waals surface area contributed by atoms with E-state index in [1.807, 2.05) is 0 Å². The number of rotatable bonds is 3. The molecular formula is C11H21FN2O. The topological polar surface area (TPSA) is 24.5 Å². The third-order valence-electron chi connectivity index (χ3n) is 3.26. The Balaban J connectivity index is 1.79. The van der Waals surface area contributed by atoms with Crippen LogP contribution in [0.5, 0.6) is 0 Å². The maximum atomic E-state index is 13.8. The summed E-state index contributed by atoms with van der Waals surface area (Å²) in [6.45, 7) is 7.28. The first-order chi connectivity index (χ1) is 7.16. The van der Waals surface area contributed by atoms with Crippen molar-refractivity contribution in [2.24, 2.45) is 0 Å². The zero-order chi connectivity index (χ0) is 10.8. The second-order valence-corrected chi connectivity index (χ2v) is 4.92. The number of hydrogen-bond donors (Lipinski definition) is 1. The molecule has 88 valence electrons. The molecule has 2 unspecified atom stereocenters. The average molecular weight is 216 g/mol. The standard InChI is InChI=1S/C11H21FN2O/c1-8(2)13-11-3-4-14(5-10(11)12)9-6-15-7-9/h8-11,13H,3-7H2,1-2H3. The molecule has 0 spiro atoms. The van der Waals surface area contributed by atoms with Crippen LogP contribution in [0.25, 0.3) is 0 Å². The molecule has 2 aliphatic heterocycles. The number of alkyl halides is 1. The molecule has 2 rings (SSSR count). The molecule has 2 aliphatic rings. The van der Waals surface area contributed by atoms with Gasteiger partial charge in [0.1, 0.15) is 6.17 Å². The van der Waals surface area contributed by atoms with Crippen LogP contribution < -0.4 is 5.32 Å². The number of hydrogen-bond acceptors (Lipinski definition) is 3. The van der Waals surface area contributed by atoms with Crippen LogP contribution in [0.3, 0.4) is 0 Å². The van der Waals surface area contributed by atoms with Crippen molar-refractivity contribution in [2.45, 2.75) is 44.6 Å². The third-order valence-corrected chi connectivity index (χ3v) is 3.26. The summed E-state index contributed by atoms with van der Waals surface area (Å²) in [6, 6.07) is 0.886. The zero-order valence-corrected chi connectivity index (χ0v) is 9.58. The summed E-state index contributed by atoms with van der Waals surface area (Å²) in [5.41, 5.74) is 0. The third kappa shape index (κ3) is 2.68. The molecule has 0 aromatic carbocycles. The van der Waals surface area contributed by atoms with E-state index in [0.717, 1.165) is 26.2 Å². The Kier molecular flexibility index (Phi) is 3.59. The fourth-order valence-corrected chi connectivity index (χ4v) is 2.31. The van der Waals surface area contributed by atoms with E-state index >= 15 is 0 Å². The molecule has 0 saturated carbocycles. The zero-order valence-electron chi connectivity index (χ0n) is 9.58. The van der Waals surface area contributed by atoms with Crippen molar-refractivity contribution in [3.8, 4) is 0 Å². The molecule has 4 heteroatoms. The molecule has 0 bridgehead atoms. The highest BCUT2D eigenvalue weighted by Crippen LogP contribution is 2.20. The van der Waals surface area contributed by atoms with Gasteiger partial charge in [0.05, 0.1) is 19.3 Å². The highest BCUT2D eigenvalue weighted by molar-refractivity contribution is 4.90. The summed E-state index contributed by atoms with van der Waals surface area (Å²) >= 11 is 0. The van der Waals surface area contributed by atoms with Crippen molar-refractivity contribution < 1.29 is 9.13 Å². The Bertz CT molecular complexity index is 209. The SMILES string of the molecule is CC(C)NC1CCN(C2COC2)CC1F. The first-order valence-electron chi connectivity index (χ1n) is 5.88. The Morgan fingerprint density at radius 1 is 1.40 bits per heavy atom. The molecule has 2 saturated heterocycles. The molecule has 1 N–H and O–H groups in total. The minimum atomic E-state index is -0.734. The minimum absolute atomic E-state index is 0.0437. The molecule has 0 amide bonds. The van der Waals surface area contributed by atoms with Crippen LogP contribution in [0.4, 0.5) is 4.39 Å². The van der Waals surface area contributed by atoms with Crippen molar-refractivity contribution in [1.29, 1.82) is 0 Å². The summed E-state index contributed by atoms with van der Waals surface area (Å²) in [7, 11) is 0. The van der Waals surface area contributed by atoms with Crippen LogP contribution in [0.15, 0.2) is 0 Å². The smallest absolute Gasteiger partial charge is 0.128 e. The maximum absolute atomic E-state index is 13.8. The second kappa shape index (κ2) is 4.76. The van der Waals surface area contributed by atoms with Gasteiger partial charge >= 0.3 is 0 Å². The maximum Gasteiger partial charge on any atom is 0.128 e. The van der Waals surface area contributed by atoms with Gasteiger partial charge in [-0.1, -0.05) is 13.8 Å². The Labute approximate surface area is 91.0 Å². The molecule has 0 aliphatic carbocycles. The van der Waals surface area contributed by atoms with Gasteiger partial charge in [0.15, 0.2) is 0 Å². The first-order valence-corrected chi connectivity index (χ1v) is 5.88. The van der Waals surface area contributed by atoms with Crippen LogP contribution in [-0.2, 0) is 4.74 Å². The highest BCUT2D eigenvalue weighted by atomic mass is 19.1. The largest absolute Gasteiger partial charge is 0.378 e. The lowest BCUT2D eigenvalue weighted by molar-refractivity contribution is -0.0821. The van der Waals surface area contributed by atoms with E-state index in [2.05, 4.69) is 24.1 Å². The highest BCUT2D eigenvalue weighted by Gasteiger charge is 2.35. The number of nitrogens with one attached hydrogen (secondary N) is 1. The summed E-state index contributed by atoms with van der Waals surface area (Å²) in [5.74, 6) is 0. The second-order valence-electron chi connectivity index (χ2n) is 4.92. The first kappa shape index (κ1) is 11.3. The van der Waals surface area contributed by atoms with E-state index in [9.17, 15) is 4.39 Å². The normalized spacial score (nSPS) is 34.4. The summed E-state index contributed by atoms with van der Waals surface area (Å²) in [5, 5.41) is 3.29. The van der Waals surface area contributed by atoms with Crippen molar-refractivity contribution in [2.75, 3.05) is 26.3 Å². The van der Waals surface area contributed by atoms with E-state index in [-0.39, 0.29) is 6.04 Å². The molecular weight excluding hydrogens is 195 g/mol. The molecule has 0 aromatic rings. The van der Waals surface area contributed by atoms with Gasteiger partial charge in [-0.05, 0) is 6.42 Å². The fourth-order valence-electron chi connectivity index (χ4n) is 2.31. The van der Waals surface area contributed by atoms with Gasteiger partial charge in [-0.2, -0.15) is 0 Å².